The van der Waals surface area contributed by atoms with Gasteiger partial charge in [-0.05, 0) is 32.0 Å². The molecule has 2 rings (SSSR count). The van der Waals surface area contributed by atoms with Gasteiger partial charge in [-0.1, -0.05) is 0 Å². The highest BCUT2D eigenvalue weighted by atomic mass is 16.5. The first-order chi connectivity index (χ1) is 11.1. The van der Waals surface area contributed by atoms with Crippen LogP contribution in [0.15, 0.2) is 33.5 Å². The van der Waals surface area contributed by atoms with Gasteiger partial charge < -0.3 is 19.4 Å². The lowest BCUT2D eigenvalue weighted by Gasteiger charge is -2.20. The summed E-state index contributed by atoms with van der Waals surface area (Å²) in [5.74, 6) is -0.453. The molecule has 1 aromatic carbocycles. The standard InChI is InChI=1S/C17H22N2O4/c1-4-19(5-2)13-7-6-12-10-14(16(20)18-8-9-22-3)17(21)23-15(12)11-13/h6-7,10-11H,4-5,8-9H2,1-3H3,(H,18,20). The Balaban J connectivity index is 2.33. The van der Waals surface area contributed by atoms with Gasteiger partial charge in [0.2, 0.25) is 0 Å². The van der Waals surface area contributed by atoms with Crippen LogP contribution in [-0.4, -0.2) is 39.3 Å². The van der Waals surface area contributed by atoms with E-state index < -0.39 is 11.5 Å². The zero-order valence-electron chi connectivity index (χ0n) is 13.7. The zero-order chi connectivity index (χ0) is 16.8. The second-order valence-corrected chi connectivity index (χ2v) is 5.09. The minimum Gasteiger partial charge on any atom is -0.422 e. The molecule has 1 amide bonds. The molecule has 0 radical (unpaired) electrons. The molecule has 0 fully saturated rings. The number of carbonyl (C=O) groups excluding carboxylic acids is 1. The van der Waals surface area contributed by atoms with Gasteiger partial charge >= 0.3 is 5.63 Å². The zero-order valence-corrected chi connectivity index (χ0v) is 13.7. The van der Waals surface area contributed by atoms with Crippen molar-refractivity contribution in [2.45, 2.75) is 13.8 Å². The van der Waals surface area contributed by atoms with Crippen molar-refractivity contribution in [2.24, 2.45) is 0 Å². The fraction of sp³-hybridized carbons (Fsp3) is 0.412. The Labute approximate surface area is 135 Å². The van der Waals surface area contributed by atoms with E-state index in [0.29, 0.717) is 18.7 Å². The van der Waals surface area contributed by atoms with Gasteiger partial charge in [-0.25, -0.2) is 4.79 Å². The summed E-state index contributed by atoms with van der Waals surface area (Å²) in [6, 6.07) is 7.21. The van der Waals surface area contributed by atoms with Crippen LogP contribution in [0.5, 0.6) is 0 Å². The summed E-state index contributed by atoms with van der Waals surface area (Å²) < 4.78 is 10.2. The highest BCUT2D eigenvalue weighted by Crippen LogP contribution is 2.21. The number of methoxy groups -OCH3 is 1. The lowest BCUT2D eigenvalue weighted by atomic mass is 10.1. The Morgan fingerprint density at radius 3 is 2.65 bits per heavy atom. The first kappa shape index (κ1) is 17.0. The van der Waals surface area contributed by atoms with E-state index in [1.807, 2.05) is 18.2 Å². The summed E-state index contributed by atoms with van der Waals surface area (Å²) in [5.41, 5.74) is 0.837. The number of benzene rings is 1. The molecule has 0 aliphatic carbocycles. The van der Waals surface area contributed by atoms with Gasteiger partial charge in [-0.2, -0.15) is 0 Å². The first-order valence-electron chi connectivity index (χ1n) is 7.70. The Kier molecular flexibility index (Phi) is 5.76. The van der Waals surface area contributed by atoms with Crippen LogP contribution in [0.25, 0.3) is 11.0 Å². The molecule has 23 heavy (non-hydrogen) atoms. The fourth-order valence-electron chi connectivity index (χ4n) is 2.41. The van der Waals surface area contributed by atoms with Crippen molar-refractivity contribution in [3.05, 3.63) is 40.2 Å². The molecule has 0 aliphatic rings. The average Bonchev–Trinajstić information content (AvgIpc) is 2.55. The van der Waals surface area contributed by atoms with Gasteiger partial charge in [-0.15, -0.1) is 0 Å². The van der Waals surface area contributed by atoms with Crippen molar-refractivity contribution in [3.63, 3.8) is 0 Å². The van der Waals surface area contributed by atoms with Crippen LogP contribution in [0.2, 0.25) is 0 Å². The molecule has 0 aliphatic heterocycles. The molecule has 1 aromatic heterocycles. The molecule has 0 saturated carbocycles. The maximum Gasteiger partial charge on any atom is 0.349 e. The van der Waals surface area contributed by atoms with Crippen LogP contribution in [-0.2, 0) is 4.74 Å². The third kappa shape index (κ3) is 3.90. The molecule has 0 unspecified atom stereocenters. The molecule has 0 bridgehead atoms. The van der Waals surface area contributed by atoms with Crippen molar-refractivity contribution < 1.29 is 13.9 Å². The quantitative estimate of drug-likeness (QED) is 0.624. The SMILES string of the molecule is CCN(CC)c1ccc2cc(C(=O)NCCOC)c(=O)oc2c1. The monoisotopic (exact) mass is 318 g/mol. The fourth-order valence-corrected chi connectivity index (χ4v) is 2.41. The summed E-state index contributed by atoms with van der Waals surface area (Å²) in [7, 11) is 1.55. The molecule has 1 heterocycles. The van der Waals surface area contributed by atoms with Crippen LogP contribution >= 0.6 is 0 Å². The molecular formula is C17H22N2O4. The highest BCUT2D eigenvalue weighted by Gasteiger charge is 2.14. The van der Waals surface area contributed by atoms with Crippen molar-refractivity contribution in [2.75, 3.05) is 38.3 Å². The molecule has 0 spiro atoms. The van der Waals surface area contributed by atoms with Gasteiger partial charge in [0.15, 0.2) is 0 Å². The number of carbonyl (C=O) groups is 1. The molecule has 1 N–H and O–H groups in total. The molecule has 2 aromatic rings. The minimum absolute atomic E-state index is 0.00388. The van der Waals surface area contributed by atoms with Gasteiger partial charge in [0.1, 0.15) is 11.1 Å². The van der Waals surface area contributed by atoms with Crippen LogP contribution in [0.4, 0.5) is 5.69 Å². The predicted molar refractivity (Wildman–Crippen MR) is 90.3 cm³/mol. The largest absolute Gasteiger partial charge is 0.422 e. The van der Waals surface area contributed by atoms with Crippen molar-refractivity contribution in [3.8, 4) is 0 Å². The maximum absolute atomic E-state index is 12.1. The van der Waals surface area contributed by atoms with Crippen LogP contribution in [0.1, 0.15) is 24.2 Å². The number of rotatable bonds is 7. The molecule has 6 nitrogen and oxygen atoms in total. The molecule has 0 atom stereocenters. The molecule has 6 heteroatoms. The van der Waals surface area contributed by atoms with Gasteiger partial charge in [0.05, 0.1) is 6.61 Å². The summed E-state index contributed by atoms with van der Waals surface area (Å²) >= 11 is 0. The van der Waals surface area contributed by atoms with Crippen LogP contribution < -0.4 is 15.8 Å². The van der Waals surface area contributed by atoms with E-state index in [1.54, 1.807) is 13.2 Å². The van der Waals surface area contributed by atoms with E-state index in [0.717, 1.165) is 24.2 Å². The van der Waals surface area contributed by atoms with Crippen molar-refractivity contribution >= 4 is 22.6 Å². The lowest BCUT2D eigenvalue weighted by molar-refractivity contribution is 0.0933. The lowest BCUT2D eigenvalue weighted by Crippen LogP contribution is -2.30. The van der Waals surface area contributed by atoms with E-state index >= 15 is 0 Å². The maximum atomic E-state index is 12.1. The Bertz CT molecular complexity index is 735. The smallest absolute Gasteiger partial charge is 0.349 e. The third-order valence-corrected chi connectivity index (χ3v) is 3.68. The number of amides is 1. The van der Waals surface area contributed by atoms with Crippen LogP contribution in [0, 0.1) is 0 Å². The average molecular weight is 318 g/mol. The van der Waals surface area contributed by atoms with E-state index in [1.165, 1.54) is 0 Å². The predicted octanol–water partition coefficient (Wildman–Crippen LogP) is 2.02. The number of anilines is 1. The van der Waals surface area contributed by atoms with E-state index in [-0.39, 0.29) is 5.56 Å². The van der Waals surface area contributed by atoms with Crippen LogP contribution in [0.3, 0.4) is 0 Å². The number of hydrogen-bond donors (Lipinski definition) is 1. The second-order valence-electron chi connectivity index (χ2n) is 5.09. The first-order valence-corrected chi connectivity index (χ1v) is 7.70. The Morgan fingerprint density at radius 2 is 2.00 bits per heavy atom. The number of ether oxygens (including phenoxy) is 1. The number of fused-ring (bicyclic) bond motifs is 1. The third-order valence-electron chi connectivity index (χ3n) is 3.68. The number of nitrogens with zero attached hydrogens (tertiary/aromatic N) is 1. The summed E-state index contributed by atoms with van der Waals surface area (Å²) in [4.78, 5) is 26.2. The summed E-state index contributed by atoms with van der Waals surface area (Å²) in [5, 5.41) is 3.34. The van der Waals surface area contributed by atoms with E-state index in [9.17, 15) is 9.59 Å². The van der Waals surface area contributed by atoms with Gasteiger partial charge in [0, 0.05) is 43.9 Å². The highest BCUT2D eigenvalue weighted by molar-refractivity contribution is 5.96. The second kappa shape index (κ2) is 7.78. The van der Waals surface area contributed by atoms with Gasteiger partial charge in [0.25, 0.3) is 5.91 Å². The van der Waals surface area contributed by atoms with Crippen molar-refractivity contribution in [1.29, 1.82) is 0 Å². The Morgan fingerprint density at radius 1 is 1.26 bits per heavy atom. The topological polar surface area (TPSA) is 71.8 Å². The summed E-state index contributed by atoms with van der Waals surface area (Å²) in [6.45, 7) is 6.60. The van der Waals surface area contributed by atoms with E-state index in [2.05, 4.69) is 24.1 Å². The van der Waals surface area contributed by atoms with Gasteiger partial charge in [-0.3, -0.25) is 4.79 Å². The number of hydrogen-bond acceptors (Lipinski definition) is 5. The molecule has 124 valence electrons. The van der Waals surface area contributed by atoms with Crippen molar-refractivity contribution in [1.82, 2.24) is 5.32 Å². The Hall–Kier alpha value is -2.34. The normalized spacial score (nSPS) is 10.7. The van der Waals surface area contributed by atoms with E-state index in [4.69, 9.17) is 9.15 Å². The minimum atomic E-state index is -0.635. The number of nitrogens with one attached hydrogen (secondary N) is 1. The summed E-state index contributed by atoms with van der Waals surface area (Å²) in [6.07, 6.45) is 0. The molecule has 0 saturated heterocycles. The molecular weight excluding hydrogens is 296 g/mol.